The van der Waals surface area contributed by atoms with Gasteiger partial charge in [-0.3, -0.25) is 0 Å². The van der Waals surface area contributed by atoms with Crippen molar-refractivity contribution in [2.75, 3.05) is 6.54 Å². The van der Waals surface area contributed by atoms with E-state index in [0.717, 1.165) is 19.5 Å². The second-order valence-corrected chi connectivity index (χ2v) is 5.75. The summed E-state index contributed by atoms with van der Waals surface area (Å²) in [6, 6.07) is 0. The van der Waals surface area contributed by atoms with Crippen molar-refractivity contribution < 1.29 is 0 Å². The second kappa shape index (κ2) is 5.42. The Kier molecular flexibility index (Phi) is 4.48. The number of nitrogens with one attached hydrogen (secondary N) is 1. The van der Waals surface area contributed by atoms with Crippen molar-refractivity contribution in [3.63, 3.8) is 0 Å². The van der Waals surface area contributed by atoms with Crippen molar-refractivity contribution in [2.24, 2.45) is 0 Å². The lowest BCUT2D eigenvalue weighted by molar-refractivity contribution is 0.585. The van der Waals surface area contributed by atoms with Gasteiger partial charge in [0.2, 0.25) is 0 Å². The highest BCUT2D eigenvalue weighted by molar-refractivity contribution is 7.11. The van der Waals surface area contributed by atoms with E-state index in [1.165, 1.54) is 9.88 Å². The molecule has 0 bridgehead atoms. The van der Waals surface area contributed by atoms with Gasteiger partial charge in [-0.15, -0.1) is 17.9 Å². The number of nitrogens with zero attached hydrogens (tertiary/aromatic N) is 1. The van der Waals surface area contributed by atoms with Crippen molar-refractivity contribution in [3.8, 4) is 0 Å². The monoisotopic (exact) mass is 224 g/mol. The van der Waals surface area contributed by atoms with Gasteiger partial charge in [0, 0.05) is 23.0 Å². The van der Waals surface area contributed by atoms with Gasteiger partial charge in [-0.05, 0) is 13.0 Å². The van der Waals surface area contributed by atoms with Gasteiger partial charge in [-0.1, -0.05) is 26.8 Å². The Labute approximate surface area is 96.4 Å². The minimum Gasteiger partial charge on any atom is -0.311 e. The third kappa shape index (κ3) is 4.14. The van der Waals surface area contributed by atoms with Gasteiger partial charge >= 0.3 is 0 Å². The first-order valence-electron chi connectivity index (χ1n) is 5.31. The molecular formula is C12H20N2S. The SMILES string of the molecule is C=CCCNCc1cnc(C(C)(C)C)s1. The molecule has 0 aliphatic rings. The molecule has 0 saturated carbocycles. The molecular weight excluding hydrogens is 204 g/mol. The van der Waals surface area contributed by atoms with Gasteiger partial charge in [-0.2, -0.15) is 0 Å². The van der Waals surface area contributed by atoms with Gasteiger partial charge in [0.05, 0.1) is 5.01 Å². The fraction of sp³-hybridized carbons (Fsp3) is 0.583. The molecule has 0 fully saturated rings. The zero-order valence-corrected chi connectivity index (χ0v) is 10.7. The zero-order valence-electron chi connectivity index (χ0n) is 9.84. The number of hydrogen-bond donors (Lipinski definition) is 1. The summed E-state index contributed by atoms with van der Waals surface area (Å²) >= 11 is 1.80. The fourth-order valence-corrected chi connectivity index (χ4v) is 2.09. The highest BCUT2D eigenvalue weighted by atomic mass is 32.1. The maximum atomic E-state index is 4.44. The van der Waals surface area contributed by atoms with Crippen LogP contribution in [0.3, 0.4) is 0 Å². The summed E-state index contributed by atoms with van der Waals surface area (Å²) in [4.78, 5) is 5.75. The predicted molar refractivity (Wildman–Crippen MR) is 67.3 cm³/mol. The fourth-order valence-electron chi connectivity index (χ4n) is 1.15. The van der Waals surface area contributed by atoms with Crippen LogP contribution in [-0.2, 0) is 12.0 Å². The van der Waals surface area contributed by atoms with E-state index in [2.05, 4.69) is 37.7 Å². The predicted octanol–water partition coefficient (Wildman–Crippen LogP) is 3.11. The second-order valence-electron chi connectivity index (χ2n) is 4.64. The third-order valence-corrected chi connectivity index (χ3v) is 3.44. The Morgan fingerprint density at radius 2 is 2.27 bits per heavy atom. The summed E-state index contributed by atoms with van der Waals surface area (Å²) in [5, 5.41) is 4.58. The summed E-state index contributed by atoms with van der Waals surface area (Å²) in [6.07, 6.45) is 4.93. The average Bonchev–Trinajstić information content (AvgIpc) is 2.60. The molecule has 15 heavy (non-hydrogen) atoms. The molecule has 0 saturated heterocycles. The summed E-state index contributed by atoms with van der Waals surface area (Å²) in [5.74, 6) is 0. The molecule has 1 rings (SSSR count). The Morgan fingerprint density at radius 3 is 2.80 bits per heavy atom. The van der Waals surface area contributed by atoms with Crippen LogP contribution in [0.2, 0.25) is 0 Å². The first kappa shape index (κ1) is 12.4. The normalized spacial score (nSPS) is 11.7. The Morgan fingerprint density at radius 1 is 1.53 bits per heavy atom. The summed E-state index contributed by atoms with van der Waals surface area (Å²) in [6.45, 7) is 12.2. The molecule has 1 aromatic heterocycles. The van der Waals surface area contributed by atoms with E-state index in [4.69, 9.17) is 0 Å². The first-order chi connectivity index (χ1) is 7.04. The molecule has 0 aliphatic heterocycles. The van der Waals surface area contributed by atoms with Crippen molar-refractivity contribution >= 4 is 11.3 Å². The van der Waals surface area contributed by atoms with E-state index in [0.29, 0.717) is 0 Å². The Balaban J connectivity index is 2.43. The van der Waals surface area contributed by atoms with Crippen molar-refractivity contribution in [1.29, 1.82) is 0 Å². The van der Waals surface area contributed by atoms with Crippen LogP contribution in [0.4, 0.5) is 0 Å². The van der Waals surface area contributed by atoms with Gasteiger partial charge < -0.3 is 5.32 Å². The summed E-state index contributed by atoms with van der Waals surface area (Å²) in [5.41, 5.74) is 0.171. The molecule has 0 atom stereocenters. The minimum atomic E-state index is 0.171. The standard InChI is InChI=1S/C12H20N2S/c1-5-6-7-13-8-10-9-14-11(15-10)12(2,3)4/h5,9,13H,1,6-8H2,2-4H3. The molecule has 3 heteroatoms. The van der Waals surface area contributed by atoms with E-state index >= 15 is 0 Å². The molecule has 0 aliphatic carbocycles. The topological polar surface area (TPSA) is 24.9 Å². The molecule has 0 amide bonds. The number of thiazole rings is 1. The highest BCUT2D eigenvalue weighted by Crippen LogP contribution is 2.26. The van der Waals surface area contributed by atoms with Crippen LogP contribution in [0, 0.1) is 0 Å². The third-order valence-electron chi connectivity index (χ3n) is 2.02. The van der Waals surface area contributed by atoms with E-state index in [1.807, 2.05) is 12.3 Å². The van der Waals surface area contributed by atoms with Crippen LogP contribution in [0.15, 0.2) is 18.9 Å². The van der Waals surface area contributed by atoms with E-state index in [9.17, 15) is 0 Å². The smallest absolute Gasteiger partial charge is 0.0981 e. The van der Waals surface area contributed by atoms with E-state index in [1.54, 1.807) is 11.3 Å². The maximum absolute atomic E-state index is 4.44. The van der Waals surface area contributed by atoms with Crippen LogP contribution in [-0.4, -0.2) is 11.5 Å². The molecule has 84 valence electrons. The summed E-state index contributed by atoms with van der Waals surface area (Å²) < 4.78 is 0. The molecule has 1 heterocycles. The molecule has 0 spiro atoms. The van der Waals surface area contributed by atoms with Crippen LogP contribution in [0.25, 0.3) is 0 Å². The van der Waals surface area contributed by atoms with E-state index < -0.39 is 0 Å². The minimum absolute atomic E-state index is 0.171. The highest BCUT2D eigenvalue weighted by Gasteiger charge is 2.17. The molecule has 2 nitrogen and oxygen atoms in total. The van der Waals surface area contributed by atoms with Crippen molar-refractivity contribution in [3.05, 3.63) is 28.7 Å². The van der Waals surface area contributed by atoms with Crippen LogP contribution in [0.1, 0.15) is 37.1 Å². The van der Waals surface area contributed by atoms with Crippen LogP contribution in [0.5, 0.6) is 0 Å². The number of aromatic nitrogens is 1. The molecule has 1 aromatic rings. The van der Waals surface area contributed by atoms with Crippen molar-refractivity contribution in [2.45, 2.75) is 39.2 Å². The van der Waals surface area contributed by atoms with Gasteiger partial charge in [0.15, 0.2) is 0 Å². The molecule has 0 radical (unpaired) electrons. The van der Waals surface area contributed by atoms with Crippen molar-refractivity contribution in [1.82, 2.24) is 10.3 Å². The van der Waals surface area contributed by atoms with Gasteiger partial charge in [-0.25, -0.2) is 4.98 Å². The summed E-state index contributed by atoms with van der Waals surface area (Å²) in [7, 11) is 0. The van der Waals surface area contributed by atoms with Crippen LogP contribution >= 0.6 is 11.3 Å². The Hall–Kier alpha value is -0.670. The zero-order chi connectivity index (χ0) is 11.3. The van der Waals surface area contributed by atoms with Gasteiger partial charge in [0.25, 0.3) is 0 Å². The van der Waals surface area contributed by atoms with Gasteiger partial charge in [0.1, 0.15) is 0 Å². The molecule has 0 unspecified atom stereocenters. The maximum Gasteiger partial charge on any atom is 0.0981 e. The quantitative estimate of drug-likeness (QED) is 0.614. The lowest BCUT2D eigenvalue weighted by Gasteiger charge is -2.13. The average molecular weight is 224 g/mol. The Bertz CT molecular complexity index is 310. The van der Waals surface area contributed by atoms with E-state index in [-0.39, 0.29) is 5.41 Å². The largest absolute Gasteiger partial charge is 0.311 e. The first-order valence-corrected chi connectivity index (χ1v) is 6.12. The number of rotatable bonds is 5. The lowest BCUT2D eigenvalue weighted by atomic mass is 9.98. The van der Waals surface area contributed by atoms with Crippen LogP contribution < -0.4 is 5.32 Å². The molecule has 1 N–H and O–H groups in total. The number of hydrogen-bond acceptors (Lipinski definition) is 3. The lowest BCUT2D eigenvalue weighted by Crippen LogP contribution is -2.13. The molecule has 0 aromatic carbocycles.